The molecular formula is C24H31N3O4S. The molecule has 3 rings (SSSR count). The van der Waals surface area contributed by atoms with E-state index in [2.05, 4.69) is 34.7 Å². The van der Waals surface area contributed by atoms with Crippen LogP contribution < -0.4 is 16.0 Å². The van der Waals surface area contributed by atoms with Gasteiger partial charge < -0.3 is 21.1 Å². The molecule has 1 saturated heterocycles. The van der Waals surface area contributed by atoms with Gasteiger partial charge in [0.2, 0.25) is 11.8 Å². The Bertz CT molecular complexity index is 982. The molecule has 8 heteroatoms. The van der Waals surface area contributed by atoms with Crippen LogP contribution in [0, 0.1) is 5.92 Å². The quantitative estimate of drug-likeness (QED) is 0.513. The van der Waals surface area contributed by atoms with E-state index in [1.165, 1.54) is 4.90 Å². The highest BCUT2D eigenvalue weighted by Crippen LogP contribution is 2.45. The summed E-state index contributed by atoms with van der Waals surface area (Å²) in [5.41, 5.74) is 1.94. The summed E-state index contributed by atoms with van der Waals surface area (Å²) in [6.45, 7) is 1.92. The van der Waals surface area contributed by atoms with Gasteiger partial charge in [0.1, 0.15) is 6.04 Å². The van der Waals surface area contributed by atoms with Gasteiger partial charge in [0.25, 0.3) is 5.91 Å². The lowest BCUT2D eigenvalue weighted by molar-refractivity contribution is -0.129. The maximum atomic E-state index is 13.2. The molecule has 1 heterocycles. The highest BCUT2D eigenvalue weighted by Gasteiger charge is 2.31. The molecule has 0 bridgehead atoms. The van der Waals surface area contributed by atoms with E-state index in [0.717, 1.165) is 0 Å². The molecular weight excluding hydrogens is 426 g/mol. The van der Waals surface area contributed by atoms with Gasteiger partial charge in [0.15, 0.2) is 0 Å². The summed E-state index contributed by atoms with van der Waals surface area (Å²) in [6.07, 6.45) is 6.07. The largest absolute Gasteiger partial charge is 0.389 e. The van der Waals surface area contributed by atoms with Crippen molar-refractivity contribution in [3.05, 3.63) is 59.7 Å². The smallest absolute Gasteiger partial charge is 0.251 e. The van der Waals surface area contributed by atoms with Gasteiger partial charge in [-0.15, -0.1) is 0 Å². The van der Waals surface area contributed by atoms with Crippen molar-refractivity contribution in [1.82, 2.24) is 10.6 Å². The minimum Gasteiger partial charge on any atom is -0.389 e. The minimum atomic E-state index is -0.936. The monoisotopic (exact) mass is 457 g/mol. The van der Waals surface area contributed by atoms with Crippen molar-refractivity contribution in [3.8, 4) is 0 Å². The Labute approximate surface area is 190 Å². The molecule has 1 fully saturated rings. The number of aliphatic hydroxyl groups excluding tert-OH is 1. The Kier molecular flexibility index (Phi) is 7.26. The van der Waals surface area contributed by atoms with E-state index in [-0.39, 0.29) is 30.7 Å². The van der Waals surface area contributed by atoms with Crippen molar-refractivity contribution in [3.63, 3.8) is 0 Å². The molecule has 3 amide bonds. The molecule has 4 N–H and O–H groups in total. The number of nitrogens with one attached hydrogen (secondary N) is 3. The van der Waals surface area contributed by atoms with Crippen molar-refractivity contribution in [2.24, 2.45) is 5.92 Å². The van der Waals surface area contributed by atoms with E-state index in [1.54, 1.807) is 31.2 Å². The summed E-state index contributed by atoms with van der Waals surface area (Å²) in [5.74, 6) is -1.41. The SMILES string of the molecule is CC(O)c1ccc(C(NC(=O)C2CNC(=O)C2)C(=O)Nc2ccc(S(C)(C)C)cc2)cc1. The average Bonchev–Trinajstić information content (AvgIpc) is 3.18. The highest BCUT2D eigenvalue weighted by molar-refractivity contribution is 8.32. The summed E-state index contributed by atoms with van der Waals surface area (Å²) in [7, 11) is -0.872. The van der Waals surface area contributed by atoms with E-state index in [1.807, 2.05) is 24.3 Å². The third-order valence-corrected chi connectivity index (χ3v) is 7.16. The van der Waals surface area contributed by atoms with Crippen LogP contribution in [0.4, 0.5) is 5.69 Å². The van der Waals surface area contributed by atoms with Gasteiger partial charge in [0, 0.05) is 18.7 Å². The Morgan fingerprint density at radius 2 is 1.62 bits per heavy atom. The van der Waals surface area contributed by atoms with Crippen LogP contribution in [0.15, 0.2) is 53.4 Å². The van der Waals surface area contributed by atoms with E-state index in [9.17, 15) is 19.5 Å². The molecule has 32 heavy (non-hydrogen) atoms. The number of carbonyl (C=O) groups is 3. The Balaban J connectivity index is 1.81. The number of aliphatic hydroxyl groups is 1. The first-order valence-electron chi connectivity index (χ1n) is 10.5. The van der Waals surface area contributed by atoms with E-state index in [4.69, 9.17) is 0 Å². The molecule has 0 aromatic heterocycles. The highest BCUT2D eigenvalue weighted by atomic mass is 32.3. The first-order valence-corrected chi connectivity index (χ1v) is 13.3. The predicted octanol–water partition coefficient (Wildman–Crippen LogP) is 2.72. The molecule has 3 unspecified atom stereocenters. The van der Waals surface area contributed by atoms with Crippen LogP contribution in [0.5, 0.6) is 0 Å². The van der Waals surface area contributed by atoms with Crippen LogP contribution in [-0.2, 0) is 14.4 Å². The lowest BCUT2D eigenvalue weighted by Crippen LogP contribution is -2.40. The molecule has 2 aromatic rings. The summed E-state index contributed by atoms with van der Waals surface area (Å²) >= 11 is 0. The van der Waals surface area contributed by atoms with Gasteiger partial charge in [-0.05, 0) is 66.0 Å². The van der Waals surface area contributed by atoms with Gasteiger partial charge in [-0.1, -0.05) is 24.3 Å². The maximum absolute atomic E-state index is 13.2. The molecule has 172 valence electrons. The molecule has 1 aliphatic heterocycles. The normalized spacial score (nSPS) is 18.4. The lowest BCUT2D eigenvalue weighted by Gasteiger charge is -2.26. The van der Waals surface area contributed by atoms with Crippen molar-refractivity contribution in [2.75, 3.05) is 30.6 Å². The number of benzene rings is 2. The van der Waals surface area contributed by atoms with Gasteiger partial charge in [-0.25, -0.2) is 10.0 Å². The fraction of sp³-hybridized carbons (Fsp3) is 0.375. The predicted molar refractivity (Wildman–Crippen MR) is 128 cm³/mol. The molecule has 3 atom stereocenters. The number of carbonyl (C=O) groups excluding carboxylic acids is 3. The second-order valence-corrected chi connectivity index (χ2v) is 13.0. The molecule has 0 radical (unpaired) electrons. The summed E-state index contributed by atoms with van der Waals surface area (Å²) in [6, 6.07) is 13.7. The molecule has 2 aromatic carbocycles. The molecule has 7 nitrogen and oxygen atoms in total. The van der Waals surface area contributed by atoms with Crippen molar-refractivity contribution >= 4 is 33.4 Å². The van der Waals surface area contributed by atoms with Crippen LogP contribution >= 0.6 is 10.0 Å². The number of hydrogen-bond donors (Lipinski definition) is 4. The third kappa shape index (κ3) is 5.89. The van der Waals surface area contributed by atoms with Crippen LogP contribution in [0.2, 0.25) is 0 Å². The molecule has 1 aliphatic rings. The van der Waals surface area contributed by atoms with Crippen molar-refractivity contribution < 1.29 is 19.5 Å². The second-order valence-electron chi connectivity index (χ2n) is 8.84. The van der Waals surface area contributed by atoms with E-state index >= 15 is 0 Å². The Hall–Kier alpha value is -2.84. The number of amides is 3. The summed E-state index contributed by atoms with van der Waals surface area (Å²) < 4.78 is 0. The van der Waals surface area contributed by atoms with Crippen LogP contribution in [-0.4, -0.2) is 48.1 Å². The first kappa shape index (κ1) is 23.8. The first-order chi connectivity index (χ1) is 15.0. The second kappa shape index (κ2) is 9.75. The number of rotatable bonds is 7. The fourth-order valence-electron chi connectivity index (χ4n) is 3.48. The number of hydrogen-bond acceptors (Lipinski definition) is 4. The minimum absolute atomic E-state index is 0.109. The lowest BCUT2D eigenvalue weighted by atomic mass is 10.0. The van der Waals surface area contributed by atoms with Crippen LogP contribution in [0.25, 0.3) is 0 Å². The zero-order valence-electron chi connectivity index (χ0n) is 18.8. The molecule has 0 saturated carbocycles. The van der Waals surface area contributed by atoms with Gasteiger partial charge in [0.05, 0.1) is 12.0 Å². The average molecular weight is 458 g/mol. The fourth-order valence-corrected chi connectivity index (χ4v) is 4.43. The molecule has 0 spiro atoms. The van der Waals surface area contributed by atoms with Gasteiger partial charge in [-0.3, -0.25) is 14.4 Å². The Morgan fingerprint density at radius 1 is 1.03 bits per heavy atom. The summed E-state index contributed by atoms with van der Waals surface area (Å²) in [4.78, 5) is 38.6. The van der Waals surface area contributed by atoms with Crippen LogP contribution in [0.3, 0.4) is 0 Å². The number of anilines is 1. The molecule has 0 aliphatic carbocycles. The maximum Gasteiger partial charge on any atom is 0.251 e. The van der Waals surface area contributed by atoms with E-state index in [0.29, 0.717) is 16.8 Å². The summed E-state index contributed by atoms with van der Waals surface area (Å²) in [5, 5.41) is 18.1. The van der Waals surface area contributed by atoms with Crippen molar-refractivity contribution in [2.45, 2.75) is 30.4 Å². The van der Waals surface area contributed by atoms with Gasteiger partial charge >= 0.3 is 0 Å². The van der Waals surface area contributed by atoms with Crippen LogP contribution in [0.1, 0.15) is 36.6 Å². The van der Waals surface area contributed by atoms with E-state index < -0.39 is 28.1 Å². The third-order valence-electron chi connectivity index (χ3n) is 5.48. The van der Waals surface area contributed by atoms with Crippen molar-refractivity contribution in [1.29, 1.82) is 0 Å². The topological polar surface area (TPSA) is 108 Å². The van der Waals surface area contributed by atoms with Gasteiger partial charge in [-0.2, -0.15) is 0 Å². The zero-order valence-corrected chi connectivity index (χ0v) is 19.7. The standard InChI is InChI=1S/C24H31N3O4S/c1-15(28)16-5-7-17(8-6-16)22(27-23(30)18-13-21(29)25-14-18)24(31)26-19-9-11-20(12-10-19)32(2,3)4/h5-12,15,18,22,28H,13-14H2,1-4H3,(H,25,29)(H,26,31)(H,27,30). The zero-order chi connectivity index (χ0) is 23.5. The Morgan fingerprint density at radius 3 is 2.12 bits per heavy atom.